The number of carbonyl (C=O) groups excluding carboxylic acids is 3. The smallest absolute Gasteiger partial charge is 0.309 e. The van der Waals surface area contributed by atoms with Crippen LogP contribution in [0.1, 0.15) is 25.7 Å². The van der Waals surface area contributed by atoms with Gasteiger partial charge in [0.15, 0.2) is 6.61 Å². The van der Waals surface area contributed by atoms with Gasteiger partial charge in [-0.25, -0.2) is 0 Å². The fourth-order valence-corrected chi connectivity index (χ4v) is 1.65. The summed E-state index contributed by atoms with van der Waals surface area (Å²) >= 11 is 0. The summed E-state index contributed by atoms with van der Waals surface area (Å²) in [5.74, 6) is -1.53. The molecule has 1 aliphatic carbocycles. The van der Waals surface area contributed by atoms with E-state index in [2.05, 4.69) is 5.32 Å². The van der Waals surface area contributed by atoms with Gasteiger partial charge in [-0.05, 0) is 12.8 Å². The van der Waals surface area contributed by atoms with E-state index < -0.39 is 11.8 Å². The van der Waals surface area contributed by atoms with E-state index in [0.29, 0.717) is 0 Å². The van der Waals surface area contributed by atoms with Crippen molar-refractivity contribution in [2.24, 2.45) is 11.7 Å². The second-order valence-electron chi connectivity index (χ2n) is 3.83. The number of nitrogens with one attached hydrogen (secondary N) is 1. The van der Waals surface area contributed by atoms with Crippen LogP contribution < -0.4 is 11.1 Å². The zero-order chi connectivity index (χ0) is 12.0. The first-order chi connectivity index (χ1) is 7.59. The molecule has 0 bridgehead atoms. The van der Waals surface area contributed by atoms with Crippen LogP contribution in [0.2, 0.25) is 0 Å². The van der Waals surface area contributed by atoms with E-state index in [1.54, 1.807) is 0 Å². The van der Waals surface area contributed by atoms with Crippen LogP contribution in [-0.2, 0) is 19.1 Å². The second kappa shape index (κ2) is 6.09. The van der Waals surface area contributed by atoms with Crippen molar-refractivity contribution in [3.05, 3.63) is 0 Å². The van der Waals surface area contributed by atoms with E-state index >= 15 is 0 Å². The molecule has 3 N–H and O–H groups in total. The van der Waals surface area contributed by atoms with Crippen LogP contribution >= 0.6 is 0 Å². The molecule has 0 aliphatic heterocycles. The third-order valence-electron chi connectivity index (χ3n) is 2.49. The second-order valence-corrected chi connectivity index (χ2v) is 3.83. The lowest BCUT2D eigenvalue weighted by atomic mass is 10.1. The van der Waals surface area contributed by atoms with E-state index in [4.69, 9.17) is 10.5 Å². The predicted molar refractivity (Wildman–Crippen MR) is 55.1 cm³/mol. The first-order valence-electron chi connectivity index (χ1n) is 5.31. The maximum Gasteiger partial charge on any atom is 0.309 e. The molecule has 0 radical (unpaired) electrons. The molecule has 1 fully saturated rings. The largest absolute Gasteiger partial charge is 0.455 e. The highest BCUT2D eigenvalue weighted by atomic mass is 16.5. The number of hydrogen-bond acceptors (Lipinski definition) is 4. The lowest BCUT2D eigenvalue weighted by molar-refractivity contribution is -0.152. The summed E-state index contributed by atoms with van der Waals surface area (Å²) in [5, 5.41) is 2.24. The fourth-order valence-electron chi connectivity index (χ4n) is 1.65. The third-order valence-corrected chi connectivity index (χ3v) is 2.49. The average molecular weight is 228 g/mol. The van der Waals surface area contributed by atoms with Crippen molar-refractivity contribution in [1.29, 1.82) is 0 Å². The number of amides is 2. The molecule has 0 unspecified atom stereocenters. The van der Waals surface area contributed by atoms with Crippen molar-refractivity contribution < 1.29 is 19.1 Å². The van der Waals surface area contributed by atoms with Crippen molar-refractivity contribution in [1.82, 2.24) is 5.32 Å². The Morgan fingerprint density at radius 2 is 1.88 bits per heavy atom. The van der Waals surface area contributed by atoms with Gasteiger partial charge in [0.1, 0.15) is 0 Å². The summed E-state index contributed by atoms with van der Waals surface area (Å²) in [4.78, 5) is 32.8. The van der Waals surface area contributed by atoms with E-state index in [1.165, 1.54) is 0 Å². The van der Waals surface area contributed by atoms with Crippen LogP contribution in [0, 0.1) is 5.92 Å². The zero-order valence-electron chi connectivity index (χ0n) is 9.03. The van der Waals surface area contributed by atoms with E-state index in [0.717, 1.165) is 25.7 Å². The molecule has 0 heterocycles. The minimum Gasteiger partial charge on any atom is -0.455 e. The van der Waals surface area contributed by atoms with Crippen LogP contribution in [0.25, 0.3) is 0 Å². The molecule has 0 aromatic carbocycles. The number of primary amides is 1. The molecule has 2 amide bonds. The van der Waals surface area contributed by atoms with Crippen LogP contribution in [0.15, 0.2) is 0 Å². The quantitative estimate of drug-likeness (QED) is 0.609. The van der Waals surface area contributed by atoms with Gasteiger partial charge < -0.3 is 15.8 Å². The van der Waals surface area contributed by atoms with Gasteiger partial charge >= 0.3 is 5.97 Å². The molecule has 1 aliphatic rings. The number of nitrogens with two attached hydrogens (primary N) is 1. The van der Waals surface area contributed by atoms with Crippen LogP contribution in [0.4, 0.5) is 0 Å². The van der Waals surface area contributed by atoms with Gasteiger partial charge in [0.05, 0.1) is 12.5 Å². The minimum absolute atomic E-state index is 0.0658. The van der Waals surface area contributed by atoms with Gasteiger partial charge in [0.25, 0.3) is 5.91 Å². The molecule has 6 heteroatoms. The Morgan fingerprint density at radius 1 is 1.25 bits per heavy atom. The molecule has 1 saturated carbocycles. The van der Waals surface area contributed by atoms with Gasteiger partial charge in [-0.2, -0.15) is 0 Å². The van der Waals surface area contributed by atoms with Crippen molar-refractivity contribution in [3.8, 4) is 0 Å². The summed E-state index contributed by atoms with van der Waals surface area (Å²) in [7, 11) is 0. The highest BCUT2D eigenvalue weighted by Crippen LogP contribution is 2.25. The Balaban J connectivity index is 2.15. The number of carbonyl (C=O) groups is 3. The van der Waals surface area contributed by atoms with Gasteiger partial charge in [-0.15, -0.1) is 0 Å². The van der Waals surface area contributed by atoms with E-state index in [9.17, 15) is 14.4 Å². The van der Waals surface area contributed by atoms with Crippen molar-refractivity contribution in [2.75, 3.05) is 13.2 Å². The number of rotatable bonds is 5. The monoisotopic (exact) mass is 228 g/mol. The Kier molecular flexibility index (Phi) is 4.75. The van der Waals surface area contributed by atoms with Crippen molar-refractivity contribution >= 4 is 17.8 Å². The molecule has 1 rings (SSSR count). The lowest BCUT2D eigenvalue weighted by Crippen LogP contribution is -2.36. The third kappa shape index (κ3) is 4.29. The molecule has 0 spiro atoms. The van der Waals surface area contributed by atoms with Crippen molar-refractivity contribution in [2.45, 2.75) is 25.7 Å². The summed E-state index contributed by atoms with van der Waals surface area (Å²) in [5.41, 5.74) is 4.83. The van der Waals surface area contributed by atoms with Gasteiger partial charge in [0.2, 0.25) is 5.91 Å². The Bertz CT molecular complexity index is 285. The Morgan fingerprint density at radius 3 is 2.44 bits per heavy atom. The summed E-state index contributed by atoms with van der Waals surface area (Å²) in [6.07, 6.45) is 3.74. The lowest BCUT2D eigenvalue weighted by Gasteiger charge is -2.09. The number of ether oxygens (including phenoxy) is 1. The molecule has 90 valence electrons. The molecule has 6 nitrogen and oxygen atoms in total. The number of hydrogen-bond donors (Lipinski definition) is 2. The fraction of sp³-hybridized carbons (Fsp3) is 0.700. The first-order valence-corrected chi connectivity index (χ1v) is 5.31. The maximum atomic E-state index is 11.4. The van der Waals surface area contributed by atoms with Gasteiger partial charge in [-0.1, -0.05) is 12.8 Å². The van der Waals surface area contributed by atoms with Gasteiger partial charge in [0, 0.05) is 0 Å². The predicted octanol–water partition coefficient (Wildman–Crippen LogP) is -0.679. The molecular weight excluding hydrogens is 212 g/mol. The van der Waals surface area contributed by atoms with E-state index in [1.807, 2.05) is 0 Å². The maximum absolute atomic E-state index is 11.4. The topological polar surface area (TPSA) is 98.5 Å². The summed E-state index contributed by atoms with van der Waals surface area (Å²) in [6, 6.07) is 0. The molecule has 0 saturated heterocycles. The molecule has 0 aromatic heterocycles. The molecule has 0 atom stereocenters. The first kappa shape index (κ1) is 12.5. The SMILES string of the molecule is NC(=O)CNC(=O)COC(=O)C1CCCC1. The Labute approximate surface area is 93.5 Å². The summed E-state index contributed by atoms with van der Waals surface area (Å²) < 4.78 is 4.82. The van der Waals surface area contributed by atoms with Crippen LogP contribution in [0.5, 0.6) is 0 Å². The Hall–Kier alpha value is -1.59. The average Bonchev–Trinajstić information content (AvgIpc) is 2.76. The van der Waals surface area contributed by atoms with E-state index in [-0.39, 0.29) is 25.0 Å². The summed E-state index contributed by atoms with van der Waals surface area (Å²) in [6.45, 7) is -0.581. The highest BCUT2D eigenvalue weighted by molar-refractivity contribution is 5.85. The normalized spacial score (nSPS) is 15.8. The van der Waals surface area contributed by atoms with Crippen LogP contribution in [-0.4, -0.2) is 30.9 Å². The number of esters is 1. The van der Waals surface area contributed by atoms with Crippen LogP contribution in [0.3, 0.4) is 0 Å². The van der Waals surface area contributed by atoms with Crippen molar-refractivity contribution in [3.63, 3.8) is 0 Å². The standard InChI is InChI=1S/C10H16N2O4/c11-8(13)5-12-9(14)6-16-10(15)7-3-1-2-4-7/h7H,1-6H2,(H2,11,13)(H,12,14). The minimum atomic E-state index is -0.629. The highest BCUT2D eigenvalue weighted by Gasteiger charge is 2.24. The molecule has 16 heavy (non-hydrogen) atoms. The van der Waals surface area contributed by atoms with Gasteiger partial charge in [-0.3, -0.25) is 14.4 Å². The molecular formula is C10H16N2O4. The zero-order valence-corrected chi connectivity index (χ0v) is 9.03. The molecule has 0 aromatic rings.